The van der Waals surface area contributed by atoms with Crippen molar-refractivity contribution in [3.63, 3.8) is 0 Å². The van der Waals surface area contributed by atoms with E-state index in [1.54, 1.807) is 6.07 Å². The summed E-state index contributed by atoms with van der Waals surface area (Å²) in [6, 6.07) is 3.70. The van der Waals surface area contributed by atoms with Gasteiger partial charge in [-0.2, -0.15) is 4.31 Å². The molecule has 8 heteroatoms. The number of rotatable bonds is 3. The first kappa shape index (κ1) is 15.1. The van der Waals surface area contributed by atoms with E-state index in [1.807, 2.05) is 0 Å². The molecule has 1 fully saturated rings. The topological polar surface area (TPSA) is 98.9 Å². The molecular weight excluding hydrogens is 308 g/mol. The lowest BCUT2D eigenvalue weighted by atomic mass is 10.0. The average Bonchev–Trinajstić information content (AvgIpc) is 2.54. The number of carbonyl (C=O) groups excluding carboxylic acids is 1. The molecule has 1 atom stereocenters. The molecule has 3 rings (SSSR count). The third-order valence-electron chi connectivity index (χ3n) is 3.90. The number of sulfonamides is 1. The Morgan fingerprint density at radius 1 is 1.18 bits per heavy atom. The van der Waals surface area contributed by atoms with Crippen LogP contribution >= 0.6 is 0 Å². The van der Waals surface area contributed by atoms with Gasteiger partial charge in [-0.15, -0.1) is 0 Å². The van der Waals surface area contributed by atoms with Crippen LogP contribution in [0.1, 0.15) is 19.3 Å². The molecular formula is C14H18N2O5S. The highest BCUT2D eigenvalue weighted by atomic mass is 32.2. The van der Waals surface area contributed by atoms with Crippen LogP contribution in [0.2, 0.25) is 0 Å². The fourth-order valence-corrected chi connectivity index (χ4v) is 4.48. The van der Waals surface area contributed by atoms with Crippen molar-refractivity contribution in [2.75, 3.05) is 19.8 Å². The second kappa shape index (κ2) is 5.77. The van der Waals surface area contributed by atoms with E-state index in [0.717, 1.165) is 6.42 Å². The molecule has 0 bridgehead atoms. The number of fused-ring (bicyclic) bond motifs is 1. The van der Waals surface area contributed by atoms with Crippen LogP contribution in [-0.4, -0.2) is 44.4 Å². The van der Waals surface area contributed by atoms with E-state index in [-0.39, 0.29) is 4.90 Å². The second-order valence-corrected chi connectivity index (χ2v) is 7.23. The molecule has 2 aliphatic rings. The van der Waals surface area contributed by atoms with E-state index >= 15 is 0 Å². The first-order valence-corrected chi connectivity index (χ1v) is 8.65. The number of benzene rings is 1. The fraction of sp³-hybridized carbons (Fsp3) is 0.500. The number of ether oxygens (including phenoxy) is 2. The molecule has 0 radical (unpaired) electrons. The summed E-state index contributed by atoms with van der Waals surface area (Å²) < 4.78 is 37.6. The van der Waals surface area contributed by atoms with Crippen molar-refractivity contribution in [1.82, 2.24) is 4.31 Å². The van der Waals surface area contributed by atoms with Gasteiger partial charge in [-0.3, -0.25) is 4.79 Å². The third-order valence-corrected chi connectivity index (χ3v) is 5.81. The highest BCUT2D eigenvalue weighted by Crippen LogP contribution is 2.34. The lowest BCUT2D eigenvalue weighted by molar-refractivity contribution is -0.122. The number of hydrogen-bond acceptors (Lipinski definition) is 5. The van der Waals surface area contributed by atoms with Gasteiger partial charge in [0.1, 0.15) is 19.3 Å². The minimum atomic E-state index is -3.79. The summed E-state index contributed by atoms with van der Waals surface area (Å²) in [7, 11) is -3.79. The predicted octanol–water partition coefficient (Wildman–Crippen LogP) is 0.486. The first-order valence-electron chi connectivity index (χ1n) is 7.21. The summed E-state index contributed by atoms with van der Waals surface area (Å²) in [5.74, 6) is 0.316. The molecule has 1 saturated heterocycles. The van der Waals surface area contributed by atoms with Crippen LogP contribution in [0, 0.1) is 0 Å². The van der Waals surface area contributed by atoms with E-state index in [0.29, 0.717) is 44.1 Å². The zero-order chi connectivity index (χ0) is 15.7. The Labute approximate surface area is 129 Å². The Morgan fingerprint density at radius 2 is 1.91 bits per heavy atom. The van der Waals surface area contributed by atoms with Crippen LogP contribution in [0.5, 0.6) is 11.5 Å². The number of nitrogens with two attached hydrogens (primary N) is 1. The number of primary amides is 1. The maximum absolute atomic E-state index is 12.8. The molecule has 22 heavy (non-hydrogen) atoms. The van der Waals surface area contributed by atoms with E-state index in [2.05, 4.69) is 0 Å². The maximum Gasteiger partial charge on any atom is 0.243 e. The van der Waals surface area contributed by atoms with Crippen molar-refractivity contribution in [2.24, 2.45) is 5.73 Å². The van der Waals surface area contributed by atoms with Crippen molar-refractivity contribution in [1.29, 1.82) is 0 Å². The Bertz CT molecular complexity index is 688. The number of hydrogen-bond donors (Lipinski definition) is 1. The summed E-state index contributed by atoms with van der Waals surface area (Å²) in [4.78, 5) is 11.6. The lowest BCUT2D eigenvalue weighted by Crippen LogP contribution is -2.50. The van der Waals surface area contributed by atoms with Gasteiger partial charge in [0.05, 0.1) is 4.90 Å². The number of carbonyl (C=O) groups is 1. The summed E-state index contributed by atoms with van der Waals surface area (Å²) >= 11 is 0. The van der Waals surface area contributed by atoms with Crippen LogP contribution in [0.4, 0.5) is 0 Å². The lowest BCUT2D eigenvalue weighted by Gasteiger charge is -2.32. The minimum absolute atomic E-state index is 0.0879. The van der Waals surface area contributed by atoms with Crippen LogP contribution in [0.15, 0.2) is 23.1 Å². The quantitative estimate of drug-likeness (QED) is 0.871. The van der Waals surface area contributed by atoms with Gasteiger partial charge in [0.2, 0.25) is 15.9 Å². The molecule has 0 aromatic heterocycles. The standard InChI is InChI=1S/C14H18N2O5S/c15-14(17)11-3-1-2-6-16(11)22(18,19)10-4-5-12-13(9-10)21-8-7-20-12/h4-5,9,11H,1-3,6-8H2,(H2,15,17)/t11-/m0/s1. The van der Waals surface area contributed by atoms with Crippen molar-refractivity contribution in [3.05, 3.63) is 18.2 Å². The van der Waals surface area contributed by atoms with Gasteiger partial charge in [-0.05, 0) is 25.0 Å². The zero-order valence-electron chi connectivity index (χ0n) is 12.0. The molecule has 0 spiro atoms. The molecule has 0 unspecified atom stereocenters. The van der Waals surface area contributed by atoms with E-state index in [4.69, 9.17) is 15.2 Å². The Balaban J connectivity index is 1.96. The smallest absolute Gasteiger partial charge is 0.243 e. The molecule has 0 saturated carbocycles. The van der Waals surface area contributed by atoms with Gasteiger partial charge < -0.3 is 15.2 Å². The average molecular weight is 326 g/mol. The van der Waals surface area contributed by atoms with Crippen molar-refractivity contribution in [3.8, 4) is 11.5 Å². The maximum atomic E-state index is 12.8. The second-order valence-electron chi connectivity index (χ2n) is 5.34. The van der Waals surface area contributed by atoms with Gasteiger partial charge in [0.25, 0.3) is 0 Å². The van der Waals surface area contributed by atoms with E-state index in [9.17, 15) is 13.2 Å². The van der Waals surface area contributed by atoms with Crippen molar-refractivity contribution < 1.29 is 22.7 Å². The zero-order valence-corrected chi connectivity index (χ0v) is 12.8. The van der Waals surface area contributed by atoms with Gasteiger partial charge >= 0.3 is 0 Å². The summed E-state index contributed by atoms with van der Waals surface area (Å²) in [5, 5.41) is 0. The number of nitrogens with zero attached hydrogens (tertiary/aromatic N) is 1. The molecule has 1 aromatic rings. The molecule has 2 heterocycles. The van der Waals surface area contributed by atoms with Crippen molar-refractivity contribution in [2.45, 2.75) is 30.2 Å². The highest BCUT2D eigenvalue weighted by Gasteiger charge is 2.37. The van der Waals surface area contributed by atoms with Crippen LogP contribution in [0.25, 0.3) is 0 Å². The molecule has 120 valence electrons. The Kier molecular flexibility index (Phi) is 3.96. The number of amides is 1. The van der Waals surface area contributed by atoms with E-state index in [1.165, 1.54) is 16.4 Å². The molecule has 2 N–H and O–H groups in total. The summed E-state index contributed by atoms with van der Waals surface area (Å²) in [6.45, 7) is 1.11. The predicted molar refractivity (Wildman–Crippen MR) is 78.2 cm³/mol. The molecule has 1 aromatic carbocycles. The minimum Gasteiger partial charge on any atom is -0.486 e. The van der Waals surface area contributed by atoms with Gasteiger partial charge in [0, 0.05) is 12.6 Å². The summed E-state index contributed by atoms with van der Waals surface area (Å²) in [6.07, 6.45) is 1.97. The number of piperidine rings is 1. The molecule has 1 amide bonds. The Hall–Kier alpha value is -1.80. The van der Waals surface area contributed by atoms with E-state index < -0.39 is 22.0 Å². The fourth-order valence-electron chi connectivity index (χ4n) is 2.80. The SMILES string of the molecule is NC(=O)[C@@H]1CCCCN1S(=O)(=O)c1ccc2c(c1)OCCO2. The van der Waals surface area contributed by atoms with Gasteiger partial charge in [0.15, 0.2) is 11.5 Å². The molecule has 2 aliphatic heterocycles. The van der Waals surface area contributed by atoms with Crippen LogP contribution in [-0.2, 0) is 14.8 Å². The monoisotopic (exact) mass is 326 g/mol. The third kappa shape index (κ3) is 2.64. The normalized spacial score (nSPS) is 22.3. The van der Waals surface area contributed by atoms with Crippen LogP contribution < -0.4 is 15.2 Å². The molecule has 0 aliphatic carbocycles. The van der Waals surface area contributed by atoms with Crippen LogP contribution in [0.3, 0.4) is 0 Å². The van der Waals surface area contributed by atoms with Gasteiger partial charge in [-0.1, -0.05) is 6.42 Å². The molecule has 7 nitrogen and oxygen atoms in total. The van der Waals surface area contributed by atoms with Gasteiger partial charge in [-0.25, -0.2) is 8.42 Å². The van der Waals surface area contributed by atoms with Crippen molar-refractivity contribution >= 4 is 15.9 Å². The summed E-state index contributed by atoms with van der Waals surface area (Å²) in [5.41, 5.74) is 5.35. The highest BCUT2D eigenvalue weighted by molar-refractivity contribution is 7.89. The Morgan fingerprint density at radius 3 is 2.64 bits per heavy atom. The largest absolute Gasteiger partial charge is 0.486 e. The first-order chi connectivity index (χ1) is 10.5.